The van der Waals surface area contributed by atoms with Gasteiger partial charge in [-0.3, -0.25) is 9.69 Å². The average Bonchev–Trinajstić information content (AvgIpc) is 2.39. The third-order valence-corrected chi connectivity index (χ3v) is 3.87. The second kappa shape index (κ2) is 6.50. The van der Waals surface area contributed by atoms with Crippen LogP contribution in [-0.2, 0) is 9.53 Å². The number of piperidine rings is 1. The Bertz CT molecular complexity index is 277. The Morgan fingerprint density at radius 3 is 2.72 bits per heavy atom. The first-order valence-corrected chi connectivity index (χ1v) is 7.04. The van der Waals surface area contributed by atoms with Crippen molar-refractivity contribution in [2.45, 2.75) is 38.3 Å². The first-order valence-electron chi connectivity index (χ1n) is 7.04. The number of ether oxygens (including phenoxy) is 1. The molecule has 5 heteroatoms. The maximum Gasteiger partial charge on any atom is 0.239 e. The highest BCUT2D eigenvalue weighted by Crippen LogP contribution is 2.19. The lowest BCUT2D eigenvalue weighted by Gasteiger charge is -2.40. The maximum absolute atomic E-state index is 12.1. The lowest BCUT2D eigenvalue weighted by Crippen LogP contribution is -2.54. The zero-order chi connectivity index (χ0) is 13.0. The van der Waals surface area contributed by atoms with Crippen LogP contribution >= 0.6 is 0 Å². The van der Waals surface area contributed by atoms with Crippen LogP contribution in [0.15, 0.2) is 0 Å². The topological polar surface area (TPSA) is 58.8 Å². The molecule has 2 aliphatic heterocycles. The summed E-state index contributed by atoms with van der Waals surface area (Å²) in [6, 6.07) is -0.0364. The first kappa shape index (κ1) is 13.8. The molecule has 5 nitrogen and oxygen atoms in total. The van der Waals surface area contributed by atoms with E-state index in [0.29, 0.717) is 6.04 Å². The van der Waals surface area contributed by atoms with E-state index >= 15 is 0 Å². The summed E-state index contributed by atoms with van der Waals surface area (Å²) in [7, 11) is 0. The summed E-state index contributed by atoms with van der Waals surface area (Å²) >= 11 is 0. The molecule has 104 valence electrons. The van der Waals surface area contributed by atoms with Gasteiger partial charge in [-0.25, -0.2) is 0 Å². The Labute approximate surface area is 109 Å². The van der Waals surface area contributed by atoms with Crippen molar-refractivity contribution in [3.63, 3.8) is 0 Å². The van der Waals surface area contributed by atoms with Gasteiger partial charge >= 0.3 is 0 Å². The maximum atomic E-state index is 12.1. The average molecular weight is 255 g/mol. The van der Waals surface area contributed by atoms with Gasteiger partial charge in [0.2, 0.25) is 5.91 Å². The highest BCUT2D eigenvalue weighted by molar-refractivity contribution is 5.81. The van der Waals surface area contributed by atoms with Gasteiger partial charge in [-0.15, -0.1) is 0 Å². The molecule has 0 spiro atoms. The Morgan fingerprint density at radius 1 is 1.33 bits per heavy atom. The fourth-order valence-electron chi connectivity index (χ4n) is 2.82. The van der Waals surface area contributed by atoms with Crippen molar-refractivity contribution in [1.29, 1.82) is 0 Å². The molecule has 2 rings (SSSR count). The van der Waals surface area contributed by atoms with Gasteiger partial charge < -0.3 is 15.4 Å². The molecular formula is C13H25N3O2. The summed E-state index contributed by atoms with van der Waals surface area (Å²) in [5.41, 5.74) is 5.74. The predicted molar refractivity (Wildman–Crippen MR) is 70.3 cm³/mol. The summed E-state index contributed by atoms with van der Waals surface area (Å²) in [6.45, 7) is 7.22. The zero-order valence-electron chi connectivity index (χ0n) is 11.3. The normalized spacial score (nSPS) is 28.1. The van der Waals surface area contributed by atoms with E-state index in [1.54, 1.807) is 6.92 Å². The zero-order valence-corrected chi connectivity index (χ0v) is 11.3. The number of carbonyl (C=O) groups excluding carboxylic acids is 1. The molecule has 2 saturated heterocycles. The van der Waals surface area contributed by atoms with Gasteiger partial charge in [-0.2, -0.15) is 0 Å². The molecule has 0 aromatic carbocycles. The largest absolute Gasteiger partial charge is 0.379 e. The number of rotatable bonds is 3. The van der Waals surface area contributed by atoms with Crippen molar-refractivity contribution in [2.24, 2.45) is 5.73 Å². The van der Waals surface area contributed by atoms with E-state index in [-0.39, 0.29) is 11.9 Å². The van der Waals surface area contributed by atoms with E-state index in [1.807, 2.05) is 4.90 Å². The molecule has 0 aromatic rings. The number of amides is 1. The fraction of sp³-hybridized carbons (Fsp3) is 0.923. The Balaban J connectivity index is 1.92. The fourth-order valence-corrected chi connectivity index (χ4v) is 2.82. The predicted octanol–water partition coefficient (Wildman–Crippen LogP) is 0.0469. The van der Waals surface area contributed by atoms with Gasteiger partial charge in [-0.1, -0.05) is 0 Å². The van der Waals surface area contributed by atoms with Gasteiger partial charge in [0.15, 0.2) is 0 Å². The molecule has 2 aliphatic rings. The molecule has 0 saturated carbocycles. The van der Waals surface area contributed by atoms with Crippen LogP contribution in [-0.4, -0.2) is 67.2 Å². The number of carbonyl (C=O) groups is 1. The molecular weight excluding hydrogens is 230 g/mol. The Kier molecular flexibility index (Phi) is 4.97. The van der Waals surface area contributed by atoms with Crippen molar-refractivity contribution < 1.29 is 9.53 Å². The lowest BCUT2D eigenvalue weighted by molar-refractivity contribution is -0.136. The SMILES string of the molecule is C[C@@H](N)C(=O)N1CCCCC1CN1CCOCC1. The minimum absolute atomic E-state index is 0.105. The molecule has 2 fully saturated rings. The molecule has 2 N–H and O–H groups in total. The second-order valence-corrected chi connectivity index (χ2v) is 5.38. The molecule has 0 bridgehead atoms. The third kappa shape index (κ3) is 3.43. The highest BCUT2D eigenvalue weighted by Gasteiger charge is 2.29. The molecule has 1 unspecified atom stereocenters. The Morgan fingerprint density at radius 2 is 2.06 bits per heavy atom. The van der Waals surface area contributed by atoms with E-state index in [1.165, 1.54) is 6.42 Å². The Hall–Kier alpha value is -0.650. The van der Waals surface area contributed by atoms with E-state index < -0.39 is 0 Å². The summed E-state index contributed by atoms with van der Waals surface area (Å²) in [5, 5.41) is 0. The van der Waals surface area contributed by atoms with Crippen LogP contribution < -0.4 is 5.73 Å². The van der Waals surface area contributed by atoms with Crippen LogP contribution in [0.3, 0.4) is 0 Å². The van der Waals surface area contributed by atoms with Crippen LogP contribution in [0.1, 0.15) is 26.2 Å². The van der Waals surface area contributed by atoms with Crippen molar-refractivity contribution in [3.8, 4) is 0 Å². The molecule has 2 heterocycles. The number of nitrogens with zero attached hydrogens (tertiary/aromatic N) is 2. The first-order chi connectivity index (χ1) is 8.68. The summed E-state index contributed by atoms with van der Waals surface area (Å²) in [5.74, 6) is 0.105. The quantitative estimate of drug-likeness (QED) is 0.774. The summed E-state index contributed by atoms with van der Waals surface area (Å²) in [6.07, 6.45) is 3.44. The van der Waals surface area contributed by atoms with Gasteiger partial charge in [-0.05, 0) is 26.2 Å². The smallest absolute Gasteiger partial charge is 0.239 e. The van der Waals surface area contributed by atoms with Gasteiger partial charge in [0, 0.05) is 32.2 Å². The van der Waals surface area contributed by atoms with Gasteiger partial charge in [0.1, 0.15) is 0 Å². The second-order valence-electron chi connectivity index (χ2n) is 5.38. The van der Waals surface area contributed by atoms with Crippen molar-refractivity contribution in [3.05, 3.63) is 0 Å². The van der Waals surface area contributed by atoms with Crippen LogP contribution in [0.2, 0.25) is 0 Å². The van der Waals surface area contributed by atoms with Crippen molar-refractivity contribution in [2.75, 3.05) is 39.4 Å². The number of likely N-dealkylation sites (tertiary alicyclic amines) is 1. The number of hydrogen-bond acceptors (Lipinski definition) is 4. The van der Waals surface area contributed by atoms with Gasteiger partial charge in [0.25, 0.3) is 0 Å². The van der Waals surface area contributed by atoms with Crippen LogP contribution in [0, 0.1) is 0 Å². The molecule has 0 aromatic heterocycles. The van der Waals surface area contributed by atoms with Crippen LogP contribution in [0.25, 0.3) is 0 Å². The summed E-state index contributed by atoms with van der Waals surface area (Å²) < 4.78 is 5.36. The lowest BCUT2D eigenvalue weighted by atomic mass is 10.0. The van der Waals surface area contributed by atoms with Crippen molar-refractivity contribution in [1.82, 2.24) is 9.80 Å². The van der Waals surface area contributed by atoms with Crippen LogP contribution in [0.4, 0.5) is 0 Å². The monoisotopic (exact) mass is 255 g/mol. The minimum atomic E-state index is -0.379. The standard InChI is InChI=1S/C13H25N3O2/c1-11(14)13(17)16-5-3-2-4-12(16)10-15-6-8-18-9-7-15/h11-12H,2-10,14H2,1H3/t11-,12?/m1/s1. The molecule has 0 aliphatic carbocycles. The molecule has 2 atom stereocenters. The van der Waals surface area contributed by atoms with E-state index in [4.69, 9.17) is 10.5 Å². The molecule has 18 heavy (non-hydrogen) atoms. The highest BCUT2D eigenvalue weighted by atomic mass is 16.5. The van der Waals surface area contributed by atoms with E-state index in [2.05, 4.69) is 4.90 Å². The minimum Gasteiger partial charge on any atom is -0.379 e. The third-order valence-electron chi connectivity index (χ3n) is 3.87. The van der Waals surface area contributed by atoms with Gasteiger partial charge in [0.05, 0.1) is 19.3 Å². The van der Waals surface area contributed by atoms with Crippen molar-refractivity contribution >= 4 is 5.91 Å². The van der Waals surface area contributed by atoms with Crippen LogP contribution in [0.5, 0.6) is 0 Å². The number of nitrogens with two attached hydrogens (primary N) is 1. The summed E-state index contributed by atoms with van der Waals surface area (Å²) in [4.78, 5) is 16.5. The van der Waals surface area contributed by atoms with E-state index in [0.717, 1.165) is 52.2 Å². The number of hydrogen-bond donors (Lipinski definition) is 1. The number of morpholine rings is 1. The van der Waals surface area contributed by atoms with E-state index in [9.17, 15) is 4.79 Å². The molecule has 1 amide bonds. The molecule has 0 radical (unpaired) electrons.